The molecule has 3 rings (SSSR count). The Morgan fingerprint density at radius 1 is 0.909 bits per heavy atom. The van der Waals surface area contributed by atoms with Gasteiger partial charge in [0.2, 0.25) is 0 Å². The van der Waals surface area contributed by atoms with Crippen LogP contribution in [0, 0.1) is 20.8 Å². The molecule has 0 unspecified atom stereocenters. The minimum atomic E-state index is -0.376. The molecule has 4 heteroatoms. The van der Waals surface area contributed by atoms with Crippen molar-refractivity contribution in [3.05, 3.63) is 69.8 Å². The number of imide groups is 1. The molecule has 2 aromatic carbocycles. The van der Waals surface area contributed by atoms with E-state index in [9.17, 15) is 9.59 Å². The third-order valence-corrected chi connectivity index (χ3v) is 3.81. The Bertz CT molecular complexity index is 764. The summed E-state index contributed by atoms with van der Waals surface area (Å²) in [5, 5.41) is 5.06. The first-order valence-corrected chi connectivity index (χ1v) is 7.08. The maximum Gasteiger partial charge on any atom is 0.282 e. The van der Waals surface area contributed by atoms with Crippen molar-refractivity contribution >= 4 is 18.0 Å². The predicted octanol–water partition coefficient (Wildman–Crippen LogP) is 3.24. The van der Waals surface area contributed by atoms with Crippen LogP contribution < -0.4 is 0 Å². The molecule has 1 heterocycles. The average molecular weight is 292 g/mol. The van der Waals surface area contributed by atoms with E-state index in [1.807, 2.05) is 20.8 Å². The van der Waals surface area contributed by atoms with Crippen LogP contribution in [0.2, 0.25) is 0 Å². The van der Waals surface area contributed by atoms with E-state index < -0.39 is 0 Å². The van der Waals surface area contributed by atoms with Gasteiger partial charge >= 0.3 is 0 Å². The van der Waals surface area contributed by atoms with Gasteiger partial charge in [0.05, 0.1) is 17.3 Å². The summed E-state index contributed by atoms with van der Waals surface area (Å²) < 4.78 is 0. The molecular formula is C18H16N2O2. The second-order valence-electron chi connectivity index (χ2n) is 5.52. The number of rotatable bonds is 2. The summed E-state index contributed by atoms with van der Waals surface area (Å²) in [4.78, 5) is 24.5. The van der Waals surface area contributed by atoms with Gasteiger partial charge in [-0.3, -0.25) is 9.59 Å². The van der Waals surface area contributed by atoms with Crippen LogP contribution in [0.3, 0.4) is 0 Å². The number of nitrogens with zero attached hydrogens (tertiary/aromatic N) is 2. The van der Waals surface area contributed by atoms with Gasteiger partial charge in [-0.25, -0.2) is 0 Å². The molecular weight excluding hydrogens is 276 g/mol. The molecule has 1 aliphatic heterocycles. The van der Waals surface area contributed by atoms with E-state index in [-0.39, 0.29) is 11.8 Å². The van der Waals surface area contributed by atoms with E-state index in [1.165, 1.54) is 5.56 Å². The third-order valence-electron chi connectivity index (χ3n) is 3.81. The first kappa shape index (κ1) is 14.2. The van der Waals surface area contributed by atoms with Gasteiger partial charge in [0.15, 0.2) is 0 Å². The summed E-state index contributed by atoms with van der Waals surface area (Å²) in [6.45, 7) is 6.01. The SMILES string of the molecule is Cc1cc(C)c(/C=N/N2C(=O)c3ccccc3C2=O)c(C)c1. The highest BCUT2D eigenvalue weighted by Crippen LogP contribution is 2.23. The van der Waals surface area contributed by atoms with Crippen molar-refractivity contribution in [1.29, 1.82) is 0 Å². The number of aryl methyl sites for hydroxylation is 3. The molecule has 0 atom stereocenters. The second-order valence-corrected chi connectivity index (χ2v) is 5.52. The van der Waals surface area contributed by atoms with Crippen LogP contribution >= 0.6 is 0 Å². The molecule has 0 aromatic heterocycles. The predicted molar refractivity (Wildman–Crippen MR) is 85.2 cm³/mol. The first-order valence-electron chi connectivity index (χ1n) is 7.08. The van der Waals surface area contributed by atoms with Crippen LogP contribution in [0.1, 0.15) is 43.0 Å². The number of carbonyl (C=O) groups is 2. The number of hydrogen-bond donors (Lipinski definition) is 0. The second kappa shape index (κ2) is 5.22. The summed E-state index contributed by atoms with van der Waals surface area (Å²) >= 11 is 0. The van der Waals surface area contributed by atoms with Gasteiger partial charge in [0.25, 0.3) is 11.8 Å². The highest BCUT2D eigenvalue weighted by molar-refractivity contribution is 6.21. The number of hydrazone groups is 1. The molecule has 2 aromatic rings. The van der Waals surface area contributed by atoms with Crippen LogP contribution in [0.5, 0.6) is 0 Å². The Kier molecular flexibility index (Phi) is 3.37. The Labute approximate surface area is 129 Å². The zero-order chi connectivity index (χ0) is 15.9. The molecule has 0 spiro atoms. The molecule has 1 aliphatic rings. The lowest BCUT2D eigenvalue weighted by Crippen LogP contribution is -2.24. The maximum absolute atomic E-state index is 12.2. The van der Waals surface area contributed by atoms with Crippen molar-refractivity contribution in [2.75, 3.05) is 0 Å². The summed E-state index contributed by atoms with van der Waals surface area (Å²) in [5.41, 5.74) is 5.05. The third kappa shape index (κ3) is 2.22. The standard InChI is InChI=1S/C18H16N2O2/c1-11-8-12(2)16(13(3)9-11)10-19-20-17(21)14-6-4-5-7-15(14)18(20)22/h4-10H,1-3H3/b19-10+. The first-order chi connectivity index (χ1) is 10.5. The number of carbonyl (C=O) groups excluding carboxylic acids is 2. The van der Waals surface area contributed by atoms with Gasteiger partial charge in [-0.2, -0.15) is 10.1 Å². The van der Waals surface area contributed by atoms with Crippen molar-refractivity contribution in [3.63, 3.8) is 0 Å². The minimum absolute atomic E-state index is 0.376. The Balaban J connectivity index is 1.96. The van der Waals surface area contributed by atoms with Crippen molar-refractivity contribution in [2.45, 2.75) is 20.8 Å². The summed E-state index contributed by atoms with van der Waals surface area (Å²) in [7, 11) is 0. The molecule has 2 amide bonds. The average Bonchev–Trinajstić information content (AvgIpc) is 2.71. The smallest absolute Gasteiger partial charge is 0.267 e. The number of fused-ring (bicyclic) bond motifs is 1. The Hall–Kier alpha value is -2.75. The summed E-state index contributed by atoms with van der Waals surface area (Å²) in [6.07, 6.45) is 1.59. The molecule has 0 N–H and O–H groups in total. The minimum Gasteiger partial charge on any atom is -0.267 e. The van der Waals surface area contributed by atoms with E-state index in [2.05, 4.69) is 17.2 Å². The molecule has 0 radical (unpaired) electrons. The van der Waals surface area contributed by atoms with E-state index in [1.54, 1.807) is 30.5 Å². The molecule has 0 bridgehead atoms. The van der Waals surface area contributed by atoms with Crippen LogP contribution in [0.25, 0.3) is 0 Å². The molecule has 0 saturated heterocycles. The van der Waals surface area contributed by atoms with E-state index >= 15 is 0 Å². The molecule has 110 valence electrons. The van der Waals surface area contributed by atoms with Gasteiger partial charge in [0, 0.05) is 5.56 Å². The largest absolute Gasteiger partial charge is 0.282 e. The summed E-state index contributed by atoms with van der Waals surface area (Å²) in [5.74, 6) is -0.751. The maximum atomic E-state index is 12.2. The van der Waals surface area contributed by atoms with Crippen LogP contribution in [-0.4, -0.2) is 23.0 Å². The fourth-order valence-corrected chi connectivity index (χ4v) is 2.79. The number of hydrogen-bond acceptors (Lipinski definition) is 3. The zero-order valence-electron chi connectivity index (χ0n) is 12.8. The fraction of sp³-hybridized carbons (Fsp3) is 0.167. The van der Waals surface area contributed by atoms with Gasteiger partial charge in [-0.15, -0.1) is 0 Å². The fourth-order valence-electron chi connectivity index (χ4n) is 2.79. The van der Waals surface area contributed by atoms with Crippen LogP contribution in [0.4, 0.5) is 0 Å². The molecule has 0 fully saturated rings. The molecule has 0 aliphatic carbocycles. The van der Waals surface area contributed by atoms with Crippen LogP contribution in [0.15, 0.2) is 41.5 Å². The molecule has 4 nitrogen and oxygen atoms in total. The van der Waals surface area contributed by atoms with E-state index in [0.29, 0.717) is 11.1 Å². The van der Waals surface area contributed by atoms with Gasteiger partial charge in [-0.1, -0.05) is 29.8 Å². The monoisotopic (exact) mass is 292 g/mol. The number of amides is 2. The van der Waals surface area contributed by atoms with Crippen molar-refractivity contribution in [1.82, 2.24) is 5.01 Å². The highest BCUT2D eigenvalue weighted by atomic mass is 16.2. The zero-order valence-corrected chi connectivity index (χ0v) is 12.8. The Morgan fingerprint density at radius 2 is 1.41 bits per heavy atom. The van der Waals surface area contributed by atoms with E-state index in [0.717, 1.165) is 21.7 Å². The molecule has 22 heavy (non-hydrogen) atoms. The van der Waals surface area contributed by atoms with Crippen molar-refractivity contribution < 1.29 is 9.59 Å². The highest BCUT2D eigenvalue weighted by Gasteiger charge is 2.35. The lowest BCUT2D eigenvalue weighted by atomic mass is 10.0. The van der Waals surface area contributed by atoms with Crippen molar-refractivity contribution in [3.8, 4) is 0 Å². The topological polar surface area (TPSA) is 49.7 Å². The normalized spacial score (nSPS) is 14.0. The Morgan fingerprint density at radius 3 is 1.91 bits per heavy atom. The lowest BCUT2D eigenvalue weighted by molar-refractivity contribution is 0.0660. The van der Waals surface area contributed by atoms with Crippen LogP contribution in [-0.2, 0) is 0 Å². The lowest BCUT2D eigenvalue weighted by Gasteiger charge is -2.09. The quantitative estimate of drug-likeness (QED) is 0.630. The van der Waals surface area contributed by atoms with E-state index in [4.69, 9.17) is 0 Å². The van der Waals surface area contributed by atoms with Gasteiger partial charge in [-0.05, 0) is 44.0 Å². The van der Waals surface area contributed by atoms with Gasteiger partial charge < -0.3 is 0 Å². The van der Waals surface area contributed by atoms with Gasteiger partial charge in [0.1, 0.15) is 0 Å². The number of benzene rings is 2. The molecule has 0 saturated carbocycles. The summed E-state index contributed by atoms with van der Waals surface area (Å²) in [6, 6.07) is 10.9. The van der Waals surface area contributed by atoms with Crippen molar-refractivity contribution in [2.24, 2.45) is 5.10 Å².